The zero-order chi connectivity index (χ0) is 20.5. The molecule has 0 radical (unpaired) electrons. The first-order chi connectivity index (χ1) is 13.1. The minimum absolute atomic E-state index is 0.00348. The van der Waals surface area contributed by atoms with E-state index in [0.29, 0.717) is 28.7 Å². The smallest absolute Gasteiger partial charge is 0.368 e. The van der Waals surface area contributed by atoms with E-state index in [-0.39, 0.29) is 19.6 Å². The molecule has 0 amide bonds. The summed E-state index contributed by atoms with van der Waals surface area (Å²) in [5, 5.41) is 0.650. The summed E-state index contributed by atoms with van der Waals surface area (Å²) in [7, 11) is -4.32. The Bertz CT molecular complexity index is 950. The highest BCUT2D eigenvalue weighted by atomic mass is 35.5. The van der Waals surface area contributed by atoms with Gasteiger partial charge in [0, 0.05) is 38.6 Å². The largest absolute Gasteiger partial charge is 0.417 e. The maximum Gasteiger partial charge on any atom is 0.417 e. The number of anilines is 1. The summed E-state index contributed by atoms with van der Waals surface area (Å²) in [4.78, 5) is 4.96. The van der Waals surface area contributed by atoms with E-state index >= 15 is 0 Å². The van der Waals surface area contributed by atoms with Crippen LogP contribution in [0.25, 0.3) is 0 Å². The summed E-state index contributed by atoms with van der Waals surface area (Å²) in [6, 6.07) is 4.20. The first-order valence-electron chi connectivity index (χ1n) is 8.32. The van der Waals surface area contributed by atoms with Gasteiger partial charge in [-0.2, -0.15) is 17.5 Å². The van der Waals surface area contributed by atoms with Crippen LogP contribution in [0.3, 0.4) is 0 Å². The molecular formula is C17H16Cl2F3N3O2S. The first kappa shape index (κ1) is 21.2. The van der Waals surface area contributed by atoms with Gasteiger partial charge in [-0.05, 0) is 18.6 Å². The molecule has 28 heavy (non-hydrogen) atoms. The summed E-state index contributed by atoms with van der Waals surface area (Å²) < 4.78 is 66.7. The van der Waals surface area contributed by atoms with Crippen molar-refractivity contribution in [2.24, 2.45) is 0 Å². The maximum absolute atomic E-state index is 13.3. The van der Waals surface area contributed by atoms with Crippen LogP contribution < -0.4 is 4.90 Å². The number of nitrogens with zero attached hydrogens (tertiary/aromatic N) is 3. The van der Waals surface area contributed by atoms with E-state index in [2.05, 4.69) is 4.98 Å². The molecule has 3 rings (SSSR count). The maximum atomic E-state index is 13.3. The van der Waals surface area contributed by atoms with E-state index in [1.807, 2.05) is 4.90 Å². The topological polar surface area (TPSA) is 53.5 Å². The molecule has 0 atom stereocenters. The number of sulfonamides is 1. The van der Waals surface area contributed by atoms with Gasteiger partial charge in [0.1, 0.15) is 0 Å². The second-order valence-electron chi connectivity index (χ2n) is 6.19. The predicted molar refractivity (Wildman–Crippen MR) is 101 cm³/mol. The molecule has 0 bridgehead atoms. The van der Waals surface area contributed by atoms with Gasteiger partial charge >= 0.3 is 6.18 Å². The molecule has 1 aromatic heterocycles. The van der Waals surface area contributed by atoms with Crippen molar-refractivity contribution in [3.63, 3.8) is 0 Å². The molecule has 0 aliphatic carbocycles. The quantitative estimate of drug-likeness (QED) is 0.694. The number of aromatic nitrogens is 1. The van der Waals surface area contributed by atoms with Gasteiger partial charge in [0.2, 0.25) is 10.0 Å². The van der Waals surface area contributed by atoms with Crippen LogP contribution in [0.2, 0.25) is 10.0 Å². The number of alkyl halides is 3. The van der Waals surface area contributed by atoms with E-state index in [1.54, 1.807) is 0 Å². The van der Waals surface area contributed by atoms with Crippen LogP contribution in [0.5, 0.6) is 0 Å². The standard InChI is InChI=1S/C17H16Cl2F3N3O2S/c18-13-10-23-11-14(19)16(13)24-6-3-7-25(9-8-24)28(26,27)15-5-2-1-4-12(15)17(20,21)22/h1-2,4-5,10-11H,3,6-9H2. The van der Waals surface area contributed by atoms with E-state index in [9.17, 15) is 21.6 Å². The van der Waals surface area contributed by atoms with Crippen molar-refractivity contribution in [1.29, 1.82) is 0 Å². The van der Waals surface area contributed by atoms with Crippen LogP contribution in [-0.4, -0.2) is 43.9 Å². The Kier molecular flexibility index (Phi) is 6.09. The van der Waals surface area contributed by atoms with Gasteiger partial charge in [0.05, 0.1) is 26.2 Å². The molecular weight excluding hydrogens is 438 g/mol. The van der Waals surface area contributed by atoms with Gasteiger partial charge in [-0.1, -0.05) is 35.3 Å². The lowest BCUT2D eigenvalue weighted by molar-refractivity contribution is -0.139. The average molecular weight is 454 g/mol. The highest BCUT2D eigenvalue weighted by Crippen LogP contribution is 2.36. The first-order valence-corrected chi connectivity index (χ1v) is 10.5. The third kappa shape index (κ3) is 4.22. The molecule has 1 fully saturated rings. The fourth-order valence-electron chi connectivity index (χ4n) is 3.13. The Morgan fingerprint density at radius 3 is 2.25 bits per heavy atom. The molecule has 11 heteroatoms. The van der Waals surface area contributed by atoms with Crippen LogP contribution in [0.1, 0.15) is 12.0 Å². The lowest BCUT2D eigenvalue weighted by atomic mass is 10.2. The van der Waals surface area contributed by atoms with E-state index in [4.69, 9.17) is 23.2 Å². The van der Waals surface area contributed by atoms with Crippen LogP contribution in [0, 0.1) is 0 Å². The molecule has 2 heterocycles. The summed E-state index contributed by atoms with van der Waals surface area (Å²) in [6.07, 6.45) is -1.49. The lowest BCUT2D eigenvalue weighted by Crippen LogP contribution is -2.36. The highest BCUT2D eigenvalue weighted by molar-refractivity contribution is 7.89. The number of halogens is 5. The zero-order valence-corrected chi connectivity index (χ0v) is 16.8. The summed E-state index contributed by atoms with van der Waals surface area (Å²) in [5.74, 6) is 0. The molecule has 1 aromatic carbocycles. The van der Waals surface area contributed by atoms with Gasteiger partial charge in [-0.25, -0.2) is 8.42 Å². The summed E-state index contributed by atoms with van der Waals surface area (Å²) in [5.41, 5.74) is -0.635. The van der Waals surface area contributed by atoms with Crippen molar-refractivity contribution >= 4 is 38.9 Å². The van der Waals surface area contributed by atoms with Crippen molar-refractivity contribution in [2.75, 3.05) is 31.1 Å². The SMILES string of the molecule is O=S(=O)(c1ccccc1C(F)(F)F)N1CCCN(c2c(Cl)cncc2Cl)CC1. The van der Waals surface area contributed by atoms with Crippen LogP contribution >= 0.6 is 23.2 Å². The van der Waals surface area contributed by atoms with E-state index in [1.165, 1.54) is 24.5 Å². The third-order valence-electron chi connectivity index (χ3n) is 4.41. The Hall–Kier alpha value is -1.55. The Labute approximate surface area is 170 Å². The second kappa shape index (κ2) is 8.06. The van der Waals surface area contributed by atoms with E-state index in [0.717, 1.165) is 16.4 Å². The fourth-order valence-corrected chi connectivity index (χ4v) is 5.41. The summed E-state index contributed by atoms with van der Waals surface area (Å²) in [6.45, 7) is 0.780. The summed E-state index contributed by atoms with van der Waals surface area (Å²) >= 11 is 12.3. The number of benzene rings is 1. The zero-order valence-electron chi connectivity index (χ0n) is 14.5. The van der Waals surface area contributed by atoms with Crippen LogP contribution in [0.15, 0.2) is 41.6 Å². The molecule has 0 saturated carbocycles. The monoisotopic (exact) mass is 453 g/mol. The van der Waals surface area contributed by atoms with Gasteiger partial charge in [0.25, 0.3) is 0 Å². The van der Waals surface area contributed by atoms with Crippen molar-refractivity contribution in [3.8, 4) is 0 Å². The molecule has 1 aliphatic heterocycles. The molecule has 0 spiro atoms. The van der Waals surface area contributed by atoms with Crippen molar-refractivity contribution in [2.45, 2.75) is 17.5 Å². The van der Waals surface area contributed by atoms with Crippen LogP contribution in [-0.2, 0) is 16.2 Å². The van der Waals surface area contributed by atoms with Crippen LogP contribution in [0.4, 0.5) is 18.9 Å². The number of hydrogen-bond acceptors (Lipinski definition) is 4. The van der Waals surface area contributed by atoms with E-state index < -0.39 is 26.7 Å². The molecule has 0 N–H and O–H groups in total. The van der Waals surface area contributed by atoms with Crippen molar-refractivity contribution < 1.29 is 21.6 Å². The number of pyridine rings is 1. The average Bonchev–Trinajstić information content (AvgIpc) is 2.87. The number of hydrogen-bond donors (Lipinski definition) is 0. The van der Waals surface area contributed by atoms with Crippen molar-refractivity contribution in [3.05, 3.63) is 52.3 Å². The third-order valence-corrected chi connectivity index (χ3v) is 6.92. The minimum Gasteiger partial charge on any atom is -0.368 e. The fraction of sp³-hybridized carbons (Fsp3) is 0.353. The molecule has 1 aliphatic rings. The lowest BCUT2D eigenvalue weighted by Gasteiger charge is -2.25. The Morgan fingerprint density at radius 1 is 0.964 bits per heavy atom. The minimum atomic E-state index is -4.76. The van der Waals surface area contributed by atoms with Gasteiger partial charge in [-0.3, -0.25) is 4.98 Å². The van der Waals surface area contributed by atoms with Gasteiger partial charge in [0.15, 0.2) is 0 Å². The predicted octanol–water partition coefficient (Wildman–Crippen LogP) is 4.31. The molecule has 1 saturated heterocycles. The highest BCUT2D eigenvalue weighted by Gasteiger charge is 2.39. The van der Waals surface area contributed by atoms with Crippen molar-refractivity contribution in [1.82, 2.24) is 9.29 Å². The second-order valence-corrected chi connectivity index (χ2v) is 8.91. The molecule has 2 aromatic rings. The Balaban J connectivity index is 1.89. The van der Waals surface area contributed by atoms with Gasteiger partial charge < -0.3 is 4.90 Å². The normalized spacial score (nSPS) is 16.8. The molecule has 5 nitrogen and oxygen atoms in total. The Morgan fingerprint density at radius 2 is 1.61 bits per heavy atom. The molecule has 0 unspecified atom stereocenters. The molecule has 152 valence electrons. The number of rotatable bonds is 3. The van der Waals surface area contributed by atoms with Gasteiger partial charge in [-0.15, -0.1) is 0 Å².